The van der Waals surface area contributed by atoms with Gasteiger partial charge in [0.2, 0.25) is 23.6 Å². The summed E-state index contributed by atoms with van der Waals surface area (Å²) in [5.41, 5.74) is 12.0. The quantitative estimate of drug-likeness (QED) is 0.112. The number of aromatic amines is 1. The maximum absolute atomic E-state index is 13.0. The highest BCUT2D eigenvalue weighted by Gasteiger charge is 2.30. The van der Waals surface area contributed by atoms with Crippen LogP contribution in [-0.4, -0.2) is 85.7 Å². The lowest BCUT2D eigenvalue weighted by atomic mass is 10.0. The van der Waals surface area contributed by atoms with Gasteiger partial charge in [-0.25, -0.2) is 9.78 Å². The molecule has 206 valence electrons. The zero-order chi connectivity index (χ0) is 28.2. The van der Waals surface area contributed by atoms with E-state index < -0.39 is 60.4 Å². The molecule has 0 spiro atoms. The summed E-state index contributed by atoms with van der Waals surface area (Å²) in [4.78, 5) is 67.6. The van der Waals surface area contributed by atoms with Crippen molar-refractivity contribution in [2.24, 2.45) is 11.5 Å². The van der Waals surface area contributed by atoms with E-state index >= 15 is 0 Å². The van der Waals surface area contributed by atoms with Gasteiger partial charge in [0, 0.05) is 31.2 Å². The average Bonchev–Trinajstić information content (AvgIpc) is 3.38. The molecule has 4 unspecified atom stereocenters. The summed E-state index contributed by atoms with van der Waals surface area (Å²) in [6.45, 7) is -0.821. The predicted molar refractivity (Wildman–Crippen MR) is 131 cm³/mol. The van der Waals surface area contributed by atoms with Crippen molar-refractivity contribution in [3.05, 3.63) is 48.0 Å². The molecular weight excluding hydrogens is 502 g/mol. The van der Waals surface area contributed by atoms with E-state index in [9.17, 15) is 39.3 Å². The molecule has 0 aliphatic carbocycles. The van der Waals surface area contributed by atoms with Crippen LogP contribution in [0.15, 0.2) is 36.8 Å². The Kier molecular flexibility index (Phi) is 11.2. The predicted octanol–water partition coefficient (Wildman–Crippen LogP) is -2.98. The van der Waals surface area contributed by atoms with Crippen LogP contribution in [0.2, 0.25) is 0 Å². The number of rotatable bonds is 15. The van der Waals surface area contributed by atoms with Gasteiger partial charge < -0.3 is 47.7 Å². The minimum atomic E-state index is -1.48. The second kappa shape index (κ2) is 14.3. The Morgan fingerprint density at radius 2 is 1.53 bits per heavy atom. The van der Waals surface area contributed by atoms with Crippen LogP contribution in [-0.2, 0) is 36.8 Å². The van der Waals surface area contributed by atoms with E-state index in [4.69, 9.17) is 11.5 Å². The van der Waals surface area contributed by atoms with E-state index in [-0.39, 0.29) is 31.4 Å². The number of imidazole rings is 1. The van der Waals surface area contributed by atoms with Gasteiger partial charge in [0.05, 0.1) is 19.0 Å². The Hall–Kier alpha value is -4.50. The number of carboxylic acid groups (broad SMARTS) is 1. The maximum atomic E-state index is 13.0. The number of phenolic OH excluding ortho intramolecular Hbond substituents is 1. The minimum Gasteiger partial charge on any atom is -0.508 e. The number of carbonyl (C=O) groups excluding carboxylic acids is 4. The summed E-state index contributed by atoms with van der Waals surface area (Å²) in [6.07, 6.45) is 2.25. The second-order valence-electron chi connectivity index (χ2n) is 8.47. The van der Waals surface area contributed by atoms with Crippen molar-refractivity contribution in [3.8, 4) is 5.75 Å². The number of primary amides is 1. The van der Waals surface area contributed by atoms with Crippen LogP contribution in [0.5, 0.6) is 5.75 Å². The van der Waals surface area contributed by atoms with Crippen molar-refractivity contribution < 1.29 is 39.3 Å². The van der Waals surface area contributed by atoms with Crippen molar-refractivity contribution in [1.82, 2.24) is 25.9 Å². The molecule has 11 N–H and O–H groups in total. The minimum absolute atomic E-state index is 0.0364. The summed E-state index contributed by atoms with van der Waals surface area (Å²) in [5, 5.41) is 35.6. The smallest absolute Gasteiger partial charge is 0.326 e. The van der Waals surface area contributed by atoms with E-state index in [0.717, 1.165) is 0 Å². The van der Waals surface area contributed by atoms with Crippen LogP contribution < -0.4 is 27.4 Å². The van der Waals surface area contributed by atoms with Gasteiger partial charge in [0.25, 0.3) is 0 Å². The molecule has 0 saturated heterocycles. The van der Waals surface area contributed by atoms with Crippen LogP contribution in [0.25, 0.3) is 0 Å². The zero-order valence-corrected chi connectivity index (χ0v) is 20.3. The van der Waals surface area contributed by atoms with Crippen molar-refractivity contribution in [3.63, 3.8) is 0 Å². The first-order valence-corrected chi connectivity index (χ1v) is 11.5. The highest BCUT2D eigenvalue weighted by Crippen LogP contribution is 2.12. The van der Waals surface area contributed by atoms with Crippen LogP contribution in [0.1, 0.15) is 24.1 Å². The summed E-state index contributed by atoms with van der Waals surface area (Å²) >= 11 is 0. The maximum Gasteiger partial charge on any atom is 0.326 e. The number of aliphatic carboxylic acids is 1. The lowest BCUT2D eigenvalue weighted by Gasteiger charge is -2.24. The number of carbonyl (C=O) groups is 5. The van der Waals surface area contributed by atoms with Gasteiger partial charge in [0.15, 0.2) is 0 Å². The van der Waals surface area contributed by atoms with Crippen LogP contribution in [0.4, 0.5) is 0 Å². The largest absolute Gasteiger partial charge is 0.508 e. The molecule has 1 aromatic heterocycles. The topological polar surface area (TPSA) is 263 Å². The number of benzene rings is 1. The third-order valence-electron chi connectivity index (χ3n) is 5.45. The van der Waals surface area contributed by atoms with Gasteiger partial charge in [-0.05, 0) is 24.1 Å². The molecule has 1 heterocycles. The molecule has 4 atom stereocenters. The Morgan fingerprint density at radius 1 is 0.921 bits per heavy atom. The highest BCUT2D eigenvalue weighted by atomic mass is 16.4. The van der Waals surface area contributed by atoms with Crippen molar-refractivity contribution in [2.45, 2.75) is 49.9 Å². The number of aliphatic hydroxyl groups excluding tert-OH is 1. The SMILES string of the molecule is NC(=O)CCC(NC(=O)C(Cc1ccc(O)cc1)NC(=O)C(CO)NC(=O)C(N)Cc1cnc[nH]1)C(=O)O. The van der Waals surface area contributed by atoms with E-state index in [2.05, 4.69) is 25.9 Å². The van der Waals surface area contributed by atoms with E-state index in [1.807, 2.05) is 0 Å². The molecule has 0 radical (unpaired) electrons. The van der Waals surface area contributed by atoms with Crippen molar-refractivity contribution in [1.29, 1.82) is 0 Å². The molecule has 4 amide bonds. The molecule has 15 heteroatoms. The summed E-state index contributed by atoms with van der Waals surface area (Å²) < 4.78 is 0. The number of hydrogen-bond donors (Lipinski definition) is 9. The van der Waals surface area contributed by atoms with Gasteiger partial charge >= 0.3 is 5.97 Å². The monoisotopic (exact) mass is 533 g/mol. The van der Waals surface area contributed by atoms with Gasteiger partial charge in [-0.3, -0.25) is 19.2 Å². The first-order valence-electron chi connectivity index (χ1n) is 11.5. The molecule has 2 aromatic rings. The third kappa shape index (κ3) is 9.51. The first kappa shape index (κ1) is 29.7. The Balaban J connectivity index is 2.14. The van der Waals surface area contributed by atoms with Crippen molar-refractivity contribution in [2.75, 3.05) is 6.61 Å². The molecule has 2 rings (SSSR count). The zero-order valence-electron chi connectivity index (χ0n) is 20.3. The molecular formula is C23H31N7O8. The lowest BCUT2D eigenvalue weighted by molar-refractivity contribution is -0.142. The number of aliphatic hydroxyl groups is 1. The van der Waals surface area contributed by atoms with Crippen LogP contribution in [0, 0.1) is 0 Å². The molecule has 0 aliphatic heterocycles. The first-order chi connectivity index (χ1) is 18.0. The number of hydrogen-bond acceptors (Lipinski definition) is 9. The molecule has 0 saturated carbocycles. The van der Waals surface area contributed by atoms with E-state index in [1.54, 1.807) is 0 Å². The van der Waals surface area contributed by atoms with Crippen LogP contribution in [0.3, 0.4) is 0 Å². The van der Waals surface area contributed by atoms with Crippen LogP contribution >= 0.6 is 0 Å². The molecule has 1 aromatic carbocycles. The number of nitrogens with two attached hydrogens (primary N) is 2. The average molecular weight is 534 g/mol. The molecule has 38 heavy (non-hydrogen) atoms. The Bertz CT molecular complexity index is 1110. The third-order valence-corrected chi connectivity index (χ3v) is 5.45. The second-order valence-corrected chi connectivity index (χ2v) is 8.47. The number of aromatic nitrogens is 2. The number of aromatic hydroxyl groups is 1. The normalized spacial score (nSPS) is 13.9. The van der Waals surface area contributed by atoms with Gasteiger partial charge in [-0.1, -0.05) is 12.1 Å². The summed E-state index contributed by atoms with van der Waals surface area (Å²) in [6, 6.07) is 0.320. The fourth-order valence-corrected chi connectivity index (χ4v) is 3.36. The number of nitrogens with one attached hydrogen (secondary N) is 4. The lowest BCUT2D eigenvalue weighted by Crippen LogP contribution is -2.58. The molecule has 0 bridgehead atoms. The fourth-order valence-electron chi connectivity index (χ4n) is 3.36. The summed E-state index contributed by atoms with van der Waals surface area (Å²) in [7, 11) is 0. The summed E-state index contributed by atoms with van der Waals surface area (Å²) in [5.74, 6) is -4.79. The number of carboxylic acids is 1. The van der Waals surface area contributed by atoms with E-state index in [1.165, 1.54) is 36.8 Å². The number of nitrogens with zero attached hydrogens (tertiary/aromatic N) is 1. The Morgan fingerprint density at radius 3 is 2.08 bits per heavy atom. The van der Waals surface area contributed by atoms with Crippen molar-refractivity contribution >= 4 is 29.6 Å². The number of amides is 4. The fraction of sp³-hybridized carbons (Fsp3) is 0.391. The van der Waals surface area contributed by atoms with Gasteiger partial charge in [0.1, 0.15) is 23.9 Å². The molecule has 0 aliphatic rings. The molecule has 0 fully saturated rings. The van der Waals surface area contributed by atoms with Gasteiger partial charge in [-0.2, -0.15) is 0 Å². The molecule has 15 nitrogen and oxygen atoms in total. The Labute approximate surface area is 217 Å². The number of H-pyrrole nitrogens is 1. The highest BCUT2D eigenvalue weighted by molar-refractivity contribution is 5.94. The number of phenols is 1. The van der Waals surface area contributed by atoms with E-state index in [0.29, 0.717) is 11.3 Å². The van der Waals surface area contributed by atoms with Gasteiger partial charge in [-0.15, -0.1) is 0 Å². The standard InChI is InChI=1S/C23H31N7O8/c24-15(8-13-9-26-11-27-13)20(34)30-18(10-31)22(36)29-17(7-12-1-3-14(32)4-2-12)21(35)28-16(23(37)38)5-6-19(25)33/h1-4,9,11,15-18,31-32H,5-8,10,24H2,(H2,25,33)(H,26,27)(H,28,35)(H,29,36)(H,30,34)(H,37,38).